The summed E-state index contributed by atoms with van der Waals surface area (Å²) >= 11 is 0. The molecule has 0 spiro atoms. The minimum atomic E-state index is -0.441. The average Bonchev–Trinajstić information content (AvgIpc) is 2.89. The van der Waals surface area contributed by atoms with E-state index < -0.39 is 12.2 Å². The summed E-state index contributed by atoms with van der Waals surface area (Å²) < 4.78 is 24.8. The number of ether oxygens (including phenoxy) is 4. The topological polar surface area (TPSA) is 54.0 Å². The van der Waals surface area contributed by atoms with E-state index in [1.54, 1.807) is 12.1 Å². The van der Waals surface area contributed by atoms with Crippen LogP contribution in [0, 0.1) is 5.92 Å². The fourth-order valence-electron chi connectivity index (χ4n) is 4.19. The number of esters is 1. The van der Waals surface area contributed by atoms with Gasteiger partial charge in [0.2, 0.25) is 0 Å². The van der Waals surface area contributed by atoms with Crippen LogP contribution in [0.2, 0.25) is 0 Å². The van der Waals surface area contributed by atoms with Crippen LogP contribution in [0.4, 0.5) is 0 Å². The van der Waals surface area contributed by atoms with Crippen molar-refractivity contribution in [3.05, 3.63) is 108 Å². The molecule has 0 bridgehead atoms. The van der Waals surface area contributed by atoms with Gasteiger partial charge in [0.15, 0.2) is 0 Å². The van der Waals surface area contributed by atoms with Crippen molar-refractivity contribution >= 4 is 5.97 Å². The molecule has 0 radical (unpaired) electrons. The smallest absolute Gasteiger partial charge is 0.338 e. The SMILES string of the molecule is CC1[C@H](C)OC(COC(=O)c2ccccc2)[C@@H](OCc2ccccc2)[C@H]1OCc1ccccc1. The van der Waals surface area contributed by atoms with E-state index in [1.165, 1.54) is 0 Å². The molecule has 1 saturated heterocycles. The molecule has 1 fully saturated rings. The quantitative estimate of drug-likeness (QED) is 0.398. The van der Waals surface area contributed by atoms with E-state index in [9.17, 15) is 4.79 Å². The average molecular weight is 461 g/mol. The number of hydrogen-bond donors (Lipinski definition) is 0. The Morgan fingerprint density at radius 2 is 1.24 bits per heavy atom. The molecule has 3 aromatic carbocycles. The molecule has 2 unspecified atom stereocenters. The van der Waals surface area contributed by atoms with Gasteiger partial charge in [0.05, 0.1) is 31.0 Å². The fraction of sp³-hybridized carbons (Fsp3) is 0.345. The molecule has 5 heteroatoms. The van der Waals surface area contributed by atoms with E-state index in [0.29, 0.717) is 18.8 Å². The molecule has 1 heterocycles. The second-order valence-electron chi connectivity index (χ2n) is 8.73. The summed E-state index contributed by atoms with van der Waals surface area (Å²) in [5, 5.41) is 0. The van der Waals surface area contributed by atoms with E-state index in [4.69, 9.17) is 18.9 Å². The molecule has 3 aromatic rings. The molecule has 5 atom stereocenters. The maximum absolute atomic E-state index is 12.6. The van der Waals surface area contributed by atoms with Gasteiger partial charge < -0.3 is 18.9 Å². The van der Waals surface area contributed by atoms with Crippen molar-refractivity contribution in [1.29, 1.82) is 0 Å². The highest BCUT2D eigenvalue weighted by Crippen LogP contribution is 2.32. The van der Waals surface area contributed by atoms with E-state index >= 15 is 0 Å². The highest BCUT2D eigenvalue weighted by Gasteiger charge is 2.44. The number of carbonyl (C=O) groups is 1. The van der Waals surface area contributed by atoms with Crippen LogP contribution in [0.5, 0.6) is 0 Å². The van der Waals surface area contributed by atoms with Gasteiger partial charge in [-0.15, -0.1) is 0 Å². The first-order valence-corrected chi connectivity index (χ1v) is 11.8. The molecule has 0 N–H and O–H groups in total. The van der Waals surface area contributed by atoms with E-state index in [2.05, 4.69) is 6.92 Å². The molecule has 178 valence electrons. The Hall–Kier alpha value is -2.99. The van der Waals surface area contributed by atoms with E-state index in [-0.39, 0.29) is 30.7 Å². The Kier molecular flexibility index (Phi) is 8.47. The third kappa shape index (κ3) is 6.32. The molecular formula is C29H32O5. The first kappa shape index (κ1) is 24.1. The number of rotatable bonds is 9. The van der Waals surface area contributed by atoms with E-state index in [1.807, 2.05) is 85.8 Å². The maximum atomic E-state index is 12.6. The third-order valence-corrected chi connectivity index (χ3v) is 6.30. The Balaban J connectivity index is 1.49. The lowest BCUT2D eigenvalue weighted by molar-refractivity contribution is -0.234. The molecule has 4 rings (SSSR count). The largest absolute Gasteiger partial charge is 0.459 e. The van der Waals surface area contributed by atoms with Gasteiger partial charge >= 0.3 is 5.97 Å². The van der Waals surface area contributed by atoms with Crippen LogP contribution in [-0.4, -0.2) is 37.0 Å². The number of carbonyl (C=O) groups excluding carboxylic acids is 1. The van der Waals surface area contributed by atoms with Crippen molar-refractivity contribution in [2.45, 2.75) is 51.5 Å². The molecule has 34 heavy (non-hydrogen) atoms. The zero-order valence-corrected chi connectivity index (χ0v) is 19.7. The zero-order valence-electron chi connectivity index (χ0n) is 19.7. The molecule has 0 aliphatic carbocycles. The summed E-state index contributed by atoms with van der Waals surface area (Å²) in [6.45, 7) is 5.14. The van der Waals surface area contributed by atoms with Crippen LogP contribution >= 0.6 is 0 Å². The minimum absolute atomic E-state index is 0.0715. The third-order valence-electron chi connectivity index (χ3n) is 6.30. The van der Waals surface area contributed by atoms with Gasteiger partial charge in [0.25, 0.3) is 0 Å². The van der Waals surface area contributed by atoms with Crippen molar-refractivity contribution in [1.82, 2.24) is 0 Å². The predicted octanol–water partition coefficient (Wildman–Crippen LogP) is 5.44. The number of hydrogen-bond acceptors (Lipinski definition) is 5. The fourth-order valence-corrected chi connectivity index (χ4v) is 4.19. The van der Waals surface area contributed by atoms with Gasteiger partial charge in [-0.25, -0.2) is 4.79 Å². The normalized spacial score (nSPS) is 24.5. The van der Waals surface area contributed by atoms with Gasteiger partial charge in [-0.3, -0.25) is 0 Å². The summed E-state index contributed by atoms with van der Waals surface area (Å²) in [6.07, 6.45) is -1.12. The van der Waals surface area contributed by atoms with Crippen LogP contribution in [0.3, 0.4) is 0 Å². The van der Waals surface area contributed by atoms with Gasteiger partial charge in [0.1, 0.15) is 18.8 Å². The van der Waals surface area contributed by atoms with Crippen molar-refractivity contribution in [2.75, 3.05) is 6.61 Å². The standard InChI is InChI=1S/C29H32O5/c1-21-22(2)34-26(20-33-29(30)25-16-10-5-11-17-25)28(32-19-24-14-8-4-9-15-24)27(21)31-18-23-12-6-3-7-13-23/h3-17,21-22,26-28H,18-20H2,1-2H3/t21?,22-,26?,27-,28+/m0/s1. The molecule has 5 nitrogen and oxygen atoms in total. The van der Waals surface area contributed by atoms with E-state index in [0.717, 1.165) is 11.1 Å². The summed E-state index contributed by atoms with van der Waals surface area (Å²) in [5.74, 6) is -0.274. The summed E-state index contributed by atoms with van der Waals surface area (Å²) in [6, 6.07) is 29.1. The molecular weight excluding hydrogens is 428 g/mol. The Labute approximate surface area is 201 Å². The van der Waals surface area contributed by atoms with Gasteiger partial charge in [-0.05, 0) is 30.2 Å². The second-order valence-corrected chi connectivity index (χ2v) is 8.73. The van der Waals surface area contributed by atoms with Crippen molar-refractivity contribution < 1.29 is 23.7 Å². The van der Waals surface area contributed by atoms with Crippen molar-refractivity contribution in [3.63, 3.8) is 0 Å². The Bertz CT molecular complexity index is 1010. The minimum Gasteiger partial charge on any atom is -0.459 e. The van der Waals surface area contributed by atoms with Gasteiger partial charge in [-0.2, -0.15) is 0 Å². The summed E-state index contributed by atoms with van der Waals surface area (Å²) in [5.41, 5.74) is 2.68. The highest BCUT2D eigenvalue weighted by molar-refractivity contribution is 5.89. The van der Waals surface area contributed by atoms with Crippen LogP contribution < -0.4 is 0 Å². The zero-order chi connectivity index (χ0) is 23.8. The highest BCUT2D eigenvalue weighted by atomic mass is 16.6. The summed E-state index contributed by atoms with van der Waals surface area (Å²) in [4.78, 5) is 12.6. The lowest BCUT2D eigenvalue weighted by atomic mass is 9.88. The first-order valence-electron chi connectivity index (χ1n) is 11.8. The molecule has 0 aromatic heterocycles. The van der Waals surface area contributed by atoms with Gasteiger partial charge in [0, 0.05) is 5.92 Å². The van der Waals surface area contributed by atoms with Crippen LogP contribution in [-0.2, 0) is 32.2 Å². The Morgan fingerprint density at radius 3 is 1.79 bits per heavy atom. The maximum Gasteiger partial charge on any atom is 0.338 e. The van der Waals surface area contributed by atoms with Crippen molar-refractivity contribution in [2.24, 2.45) is 5.92 Å². The van der Waals surface area contributed by atoms with Crippen LogP contribution in [0.25, 0.3) is 0 Å². The molecule has 1 aliphatic heterocycles. The first-order chi connectivity index (χ1) is 16.6. The second kappa shape index (κ2) is 11.9. The Morgan fingerprint density at radius 1 is 0.735 bits per heavy atom. The van der Waals surface area contributed by atoms with Gasteiger partial charge in [-0.1, -0.05) is 85.8 Å². The molecule has 0 amide bonds. The van der Waals surface area contributed by atoms with Crippen LogP contribution in [0.15, 0.2) is 91.0 Å². The summed E-state index contributed by atoms with van der Waals surface area (Å²) in [7, 11) is 0. The monoisotopic (exact) mass is 460 g/mol. The molecule has 1 aliphatic rings. The predicted molar refractivity (Wildman–Crippen MR) is 130 cm³/mol. The van der Waals surface area contributed by atoms with Crippen molar-refractivity contribution in [3.8, 4) is 0 Å². The lowest BCUT2D eigenvalue weighted by Crippen LogP contribution is -2.56. The lowest BCUT2D eigenvalue weighted by Gasteiger charge is -2.44. The molecule has 0 saturated carbocycles. The van der Waals surface area contributed by atoms with Crippen LogP contribution in [0.1, 0.15) is 35.3 Å². The number of benzene rings is 3.